The van der Waals surface area contributed by atoms with Crippen LogP contribution in [0.15, 0.2) is 194 Å². The summed E-state index contributed by atoms with van der Waals surface area (Å²) in [5.41, 5.74) is 13.8. The Bertz CT molecular complexity index is 2640. The Labute approximate surface area is 318 Å². The van der Waals surface area contributed by atoms with Gasteiger partial charge in [0.2, 0.25) is 0 Å². The minimum absolute atomic E-state index is 0.388. The lowest BCUT2D eigenvalue weighted by atomic mass is 9.99. The average Bonchev–Trinajstić information content (AvgIpc) is 3.27. The summed E-state index contributed by atoms with van der Waals surface area (Å²) in [7, 11) is 0. The van der Waals surface area contributed by atoms with Gasteiger partial charge in [0.1, 0.15) is 5.82 Å². The smallest absolute Gasteiger partial charge is 0.160 e. The zero-order chi connectivity index (χ0) is 37.0. The van der Waals surface area contributed by atoms with Crippen LogP contribution in [0, 0.1) is 5.82 Å². The van der Waals surface area contributed by atoms with Gasteiger partial charge in [-0.15, -0.1) is 0 Å². The molecule has 0 radical (unpaired) electrons. The summed E-state index contributed by atoms with van der Waals surface area (Å²) in [5.74, 6) is 0.309. The highest BCUT2D eigenvalue weighted by Crippen LogP contribution is 2.32. The van der Waals surface area contributed by atoms with Crippen LogP contribution in [0.2, 0.25) is 0 Å². The van der Waals surface area contributed by atoms with Crippen LogP contribution < -0.4 is 0 Å². The number of aromatic nitrogens is 5. The van der Waals surface area contributed by atoms with Crippen LogP contribution in [0.5, 0.6) is 0 Å². The molecule has 6 heteroatoms. The summed E-state index contributed by atoms with van der Waals surface area (Å²) in [5, 5.41) is 0. The zero-order valence-corrected chi connectivity index (χ0v) is 29.6. The van der Waals surface area contributed by atoms with E-state index in [1.165, 1.54) is 12.3 Å². The van der Waals surface area contributed by atoms with Gasteiger partial charge in [0.05, 0.1) is 40.4 Å². The van der Waals surface area contributed by atoms with Crippen LogP contribution >= 0.6 is 0 Å². The van der Waals surface area contributed by atoms with E-state index in [1.807, 2.05) is 91.1 Å². The van der Waals surface area contributed by atoms with E-state index in [2.05, 4.69) is 89.9 Å². The Hall–Kier alpha value is -7.44. The van der Waals surface area contributed by atoms with Crippen molar-refractivity contribution in [3.8, 4) is 90.1 Å². The number of benzene rings is 5. The lowest BCUT2D eigenvalue weighted by Gasteiger charge is -2.11. The molecule has 0 fully saturated rings. The van der Waals surface area contributed by atoms with Crippen molar-refractivity contribution in [3.05, 3.63) is 200 Å². The van der Waals surface area contributed by atoms with Crippen LogP contribution in [0.4, 0.5) is 4.39 Å². The van der Waals surface area contributed by atoms with Crippen molar-refractivity contribution in [2.24, 2.45) is 0 Å². The Morgan fingerprint density at radius 3 is 1.20 bits per heavy atom. The van der Waals surface area contributed by atoms with E-state index in [4.69, 9.17) is 19.9 Å². The first-order chi connectivity index (χ1) is 27.1. The first kappa shape index (κ1) is 33.4. The fourth-order valence-electron chi connectivity index (χ4n) is 6.59. The zero-order valence-electron chi connectivity index (χ0n) is 29.6. The van der Waals surface area contributed by atoms with Crippen molar-refractivity contribution >= 4 is 0 Å². The number of nitrogens with zero attached hydrogens (tertiary/aromatic N) is 5. The molecule has 5 aromatic carbocycles. The molecule has 55 heavy (non-hydrogen) atoms. The predicted molar refractivity (Wildman–Crippen MR) is 219 cm³/mol. The van der Waals surface area contributed by atoms with E-state index < -0.39 is 0 Å². The molecule has 9 aromatic rings. The van der Waals surface area contributed by atoms with Gasteiger partial charge < -0.3 is 0 Å². The lowest BCUT2D eigenvalue weighted by molar-refractivity contribution is 0.622. The Kier molecular flexibility index (Phi) is 9.04. The number of halogens is 1. The van der Waals surface area contributed by atoms with Crippen LogP contribution in [0.3, 0.4) is 0 Å². The molecule has 0 aliphatic heterocycles. The molecular formula is C49H32FN5. The summed E-state index contributed by atoms with van der Waals surface area (Å²) in [6.45, 7) is 0. The Morgan fingerprint density at radius 2 is 0.691 bits per heavy atom. The lowest BCUT2D eigenvalue weighted by Crippen LogP contribution is -1.95. The standard InChI is InChI=1S/C49H32FN5/c50-42-25-27-44(52-32-42)48-29-41(33-10-4-1-5-11-33)28-47(53-48)43-26-24-40(31-51-43)36-18-16-34(17-19-36)35-20-22-38(23-21-35)46-30-45(37-12-6-2-7-13-37)54-49(55-46)39-14-8-3-9-15-39/h1-32H. The third-order valence-electron chi connectivity index (χ3n) is 9.51. The molecule has 0 aliphatic carbocycles. The second-order valence-electron chi connectivity index (χ2n) is 13.1. The SMILES string of the molecule is Fc1ccc(-c2cc(-c3ccccc3)cc(-c3ccc(-c4ccc(-c5ccc(-c6cc(-c7ccccc7)nc(-c7ccccc7)n6)cc5)cc4)cn3)n2)nc1. The highest BCUT2D eigenvalue weighted by atomic mass is 19.1. The summed E-state index contributed by atoms with van der Waals surface area (Å²) >= 11 is 0. The van der Waals surface area contributed by atoms with E-state index >= 15 is 0 Å². The molecule has 0 saturated carbocycles. The van der Waals surface area contributed by atoms with Crippen LogP contribution in [-0.4, -0.2) is 24.9 Å². The quantitative estimate of drug-likeness (QED) is 0.157. The van der Waals surface area contributed by atoms with Crippen molar-refractivity contribution in [3.63, 3.8) is 0 Å². The van der Waals surface area contributed by atoms with Gasteiger partial charge in [-0.05, 0) is 64.2 Å². The molecule has 5 nitrogen and oxygen atoms in total. The third kappa shape index (κ3) is 7.30. The van der Waals surface area contributed by atoms with Gasteiger partial charge in [-0.1, -0.05) is 146 Å². The maximum absolute atomic E-state index is 13.7. The monoisotopic (exact) mass is 709 g/mol. The van der Waals surface area contributed by atoms with Crippen LogP contribution in [0.1, 0.15) is 0 Å². The fourth-order valence-corrected chi connectivity index (χ4v) is 6.59. The van der Waals surface area contributed by atoms with E-state index in [-0.39, 0.29) is 5.82 Å². The molecule has 0 amide bonds. The van der Waals surface area contributed by atoms with Gasteiger partial charge in [0.25, 0.3) is 0 Å². The summed E-state index contributed by atoms with van der Waals surface area (Å²) in [6, 6.07) is 60.6. The van der Waals surface area contributed by atoms with E-state index in [0.717, 1.165) is 67.2 Å². The van der Waals surface area contributed by atoms with E-state index in [0.29, 0.717) is 22.9 Å². The summed E-state index contributed by atoms with van der Waals surface area (Å²) in [4.78, 5) is 23.9. The molecular weight excluding hydrogens is 678 g/mol. The fraction of sp³-hybridized carbons (Fsp3) is 0. The van der Waals surface area contributed by atoms with Gasteiger partial charge in [-0.25, -0.2) is 19.3 Å². The molecule has 0 atom stereocenters. The molecule has 0 saturated heterocycles. The largest absolute Gasteiger partial charge is 0.254 e. The maximum Gasteiger partial charge on any atom is 0.160 e. The Morgan fingerprint density at radius 1 is 0.273 bits per heavy atom. The van der Waals surface area contributed by atoms with Gasteiger partial charge in [-0.2, -0.15) is 0 Å². The van der Waals surface area contributed by atoms with Crippen molar-refractivity contribution in [1.82, 2.24) is 24.9 Å². The molecule has 4 aromatic heterocycles. The van der Waals surface area contributed by atoms with Gasteiger partial charge in [0, 0.05) is 28.5 Å². The molecule has 4 heterocycles. The molecule has 0 aliphatic rings. The number of hydrogen-bond donors (Lipinski definition) is 0. The molecule has 0 N–H and O–H groups in total. The van der Waals surface area contributed by atoms with Gasteiger partial charge in [0.15, 0.2) is 5.82 Å². The highest BCUT2D eigenvalue weighted by Gasteiger charge is 2.13. The first-order valence-electron chi connectivity index (χ1n) is 18.0. The number of rotatable bonds is 8. The maximum atomic E-state index is 13.7. The number of hydrogen-bond acceptors (Lipinski definition) is 5. The highest BCUT2D eigenvalue weighted by molar-refractivity contribution is 5.77. The Balaban J connectivity index is 0.968. The molecule has 0 unspecified atom stereocenters. The molecule has 9 rings (SSSR count). The summed E-state index contributed by atoms with van der Waals surface area (Å²) < 4.78 is 13.7. The third-order valence-corrected chi connectivity index (χ3v) is 9.51. The van der Waals surface area contributed by atoms with E-state index in [9.17, 15) is 4.39 Å². The minimum atomic E-state index is -0.388. The molecule has 260 valence electrons. The summed E-state index contributed by atoms with van der Waals surface area (Å²) in [6.07, 6.45) is 3.09. The normalized spacial score (nSPS) is 11.0. The minimum Gasteiger partial charge on any atom is -0.254 e. The van der Waals surface area contributed by atoms with Crippen molar-refractivity contribution < 1.29 is 4.39 Å². The predicted octanol–water partition coefficient (Wildman–Crippen LogP) is 12.1. The van der Waals surface area contributed by atoms with Gasteiger partial charge >= 0.3 is 0 Å². The first-order valence-corrected chi connectivity index (χ1v) is 18.0. The second-order valence-corrected chi connectivity index (χ2v) is 13.1. The van der Waals surface area contributed by atoms with Crippen molar-refractivity contribution in [2.45, 2.75) is 0 Å². The number of pyridine rings is 3. The van der Waals surface area contributed by atoms with Crippen LogP contribution in [-0.2, 0) is 0 Å². The van der Waals surface area contributed by atoms with Gasteiger partial charge in [-0.3, -0.25) is 9.97 Å². The van der Waals surface area contributed by atoms with Crippen molar-refractivity contribution in [1.29, 1.82) is 0 Å². The topological polar surface area (TPSA) is 64.5 Å². The van der Waals surface area contributed by atoms with Crippen LogP contribution in [0.25, 0.3) is 90.1 Å². The molecule has 0 spiro atoms. The van der Waals surface area contributed by atoms with Crippen molar-refractivity contribution in [2.75, 3.05) is 0 Å². The van der Waals surface area contributed by atoms with E-state index in [1.54, 1.807) is 6.07 Å². The average molecular weight is 710 g/mol. The molecule has 0 bridgehead atoms. The second kappa shape index (κ2) is 14.9.